The van der Waals surface area contributed by atoms with Gasteiger partial charge in [-0.3, -0.25) is 0 Å². The van der Waals surface area contributed by atoms with E-state index in [1.165, 1.54) is 18.2 Å². The minimum Gasteiger partial charge on any atom is -0.372 e. The highest BCUT2D eigenvalue weighted by molar-refractivity contribution is 5.95. The van der Waals surface area contributed by atoms with Gasteiger partial charge in [0.2, 0.25) is 0 Å². The first kappa shape index (κ1) is 84.7. The number of anilines is 3. The van der Waals surface area contributed by atoms with Crippen LogP contribution < -0.4 is 14.7 Å². The molecule has 4 aromatic carbocycles. The average Bonchev–Trinajstić information content (AvgIpc) is 0.817. The van der Waals surface area contributed by atoms with E-state index >= 15 is 0 Å². The predicted molar refractivity (Wildman–Crippen MR) is 417 cm³/mol. The van der Waals surface area contributed by atoms with E-state index in [1.54, 1.807) is 36.4 Å². The highest BCUT2D eigenvalue weighted by atomic mass is 15.1. The largest absolute Gasteiger partial charge is 0.372 e. The maximum atomic E-state index is 10.6. The van der Waals surface area contributed by atoms with Crippen molar-refractivity contribution in [2.75, 3.05) is 54.0 Å². The Bertz CT molecular complexity index is 3950. The normalized spacial score (nSPS) is 9.66. The van der Waals surface area contributed by atoms with Crippen LogP contribution in [0.1, 0.15) is 229 Å². The Morgan fingerprint density at radius 1 is 0.238 bits per heavy atom. The summed E-state index contributed by atoms with van der Waals surface area (Å²) in [5.41, 5.74) is 0.138. The minimum atomic E-state index is -0.519. The van der Waals surface area contributed by atoms with Gasteiger partial charge < -0.3 is 14.7 Å². The summed E-state index contributed by atoms with van der Waals surface area (Å²) >= 11 is 0. The Balaban J connectivity index is 2.17. The molecule has 4 rings (SSSR count). The van der Waals surface area contributed by atoms with Crippen molar-refractivity contribution < 1.29 is 0 Å². The first-order chi connectivity index (χ1) is 51.4. The van der Waals surface area contributed by atoms with Gasteiger partial charge in [-0.25, -0.2) is 0 Å². The zero-order chi connectivity index (χ0) is 76.4. The first-order valence-corrected chi connectivity index (χ1v) is 36.9. The summed E-state index contributed by atoms with van der Waals surface area (Å²) in [5.74, 6) is 17.9. The Morgan fingerprint density at radius 3 is 0.581 bits per heavy atom. The van der Waals surface area contributed by atoms with Crippen molar-refractivity contribution in [3.8, 4) is 108 Å². The molecule has 0 amide bonds. The lowest BCUT2D eigenvalue weighted by Gasteiger charge is -2.25. The molecular weight excluding hydrogens is 1290 g/mol. The van der Waals surface area contributed by atoms with Crippen molar-refractivity contribution in [1.29, 1.82) is 63.1 Å². The topological polar surface area (TPSA) is 295 Å². The van der Waals surface area contributed by atoms with Gasteiger partial charge in [-0.05, 0) is 110 Å². The maximum absolute atomic E-state index is 10.6. The molecule has 0 spiro atoms. The summed E-state index contributed by atoms with van der Waals surface area (Å²) in [7, 11) is 0. The summed E-state index contributed by atoms with van der Waals surface area (Å²) in [6, 6.07) is 49.3. The van der Waals surface area contributed by atoms with Crippen LogP contribution in [0.15, 0.2) is 141 Å². The van der Waals surface area contributed by atoms with Crippen LogP contribution in [-0.4, -0.2) is 39.3 Å². The molecule has 0 aliphatic rings. The lowest BCUT2D eigenvalue weighted by molar-refractivity contribution is 0.609. The fourth-order valence-corrected chi connectivity index (χ4v) is 12.1. The third kappa shape index (κ3) is 27.0. The molecule has 0 heterocycles. The van der Waals surface area contributed by atoms with Gasteiger partial charge >= 0.3 is 0 Å². The number of unbranched alkanes of at least 4 members (excludes halogenated alkanes) is 18. The second kappa shape index (κ2) is 49.8. The van der Waals surface area contributed by atoms with Crippen molar-refractivity contribution >= 4 is 33.8 Å². The van der Waals surface area contributed by atoms with E-state index in [0.717, 1.165) is 210 Å². The minimum absolute atomic E-state index is 0.0780. The van der Waals surface area contributed by atoms with Crippen LogP contribution in [0.5, 0.6) is 0 Å². The van der Waals surface area contributed by atoms with E-state index in [4.69, 9.17) is 0 Å². The Labute approximate surface area is 626 Å². The van der Waals surface area contributed by atoms with Crippen LogP contribution in [0.2, 0.25) is 0 Å². The maximum Gasteiger partial charge on any atom is 0.145 e. The molecule has 15 heteroatoms. The SMILES string of the molecule is CCCCCCN(CCCCCC)c1ccc(C(=C(C#N)C#N)C(C#Cc2cc(C#CC(=C(C#N)C#N)C(=C(C#N)C#N)c3ccc(N(CCCCCC)CCCCCC)cc3)cc(C#CC(=C(C#N)C#N)C(=C(C#N)C#N)c3ccc(N(CCCCCC)CCCCCC)cc3)c2)=C(C#N)C#N)cc1. The summed E-state index contributed by atoms with van der Waals surface area (Å²) in [6.45, 7) is 17.9. The smallest absolute Gasteiger partial charge is 0.145 e. The second-order valence-corrected chi connectivity index (χ2v) is 25.4. The Hall–Kier alpha value is -12.7. The molecule has 528 valence electrons. The van der Waals surface area contributed by atoms with Crippen molar-refractivity contribution in [3.63, 3.8) is 0 Å². The number of hydrogen-bond donors (Lipinski definition) is 0. The highest BCUT2D eigenvalue weighted by Crippen LogP contribution is 2.35. The van der Waals surface area contributed by atoms with Gasteiger partial charge in [-0.2, -0.15) is 63.1 Å². The van der Waals surface area contributed by atoms with Crippen molar-refractivity contribution in [1.82, 2.24) is 0 Å². The lowest BCUT2D eigenvalue weighted by Crippen LogP contribution is -2.25. The van der Waals surface area contributed by atoms with Gasteiger partial charge in [0.1, 0.15) is 106 Å². The molecule has 0 radical (unpaired) electrons. The lowest BCUT2D eigenvalue weighted by atomic mass is 9.90. The molecule has 0 unspecified atom stereocenters. The molecule has 0 aliphatic heterocycles. The van der Waals surface area contributed by atoms with Crippen LogP contribution >= 0.6 is 0 Å². The molecule has 0 saturated carbocycles. The standard InChI is InChI=1S/C90H93N15/c1-7-13-19-25-49-103(50-26-20-14-8-2)82-40-34-73(35-41-82)88(79(64-97)65-98)85(76(58-91)59-92)46-31-70-55-71(32-47-86(77(60-93)61-94)89(80(66-99)67-100)74-36-42-83(43-37-74)104(51-27-21-15-9-3)52-28-22-16-10-4)57-72(56-70)33-48-87(78(62-95)63-96)90(81(68-101)69-102)75-38-44-84(45-39-75)105(53-29-23-17-11-5)54-30-24-18-12-6/h34-45,55-57H,7-30,49-54H2,1-6H3. The van der Waals surface area contributed by atoms with Crippen LogP contribution in [0.3, 0.4) is 0 Å². The number of hydrogen-bond acceptors (Lipinski definition) is 15. The summed E-state index contributed by atoms with van der Waals surface area (Å²) in [6.07, 6.45) is 25.5. The fourth-order valence-electron chi connectivity index (χ4n) is 12.1. The van der Waals surface area contributed by atoms with E-state index in [1.807, 2.05) is 109 Å². The van der Waals surface area contributed by atoms with E-state index in [2.05, 4.69) is 91.8 Å². The Kier molecular flexibility index (Phi) is 40.1. The fraction of sp³-hybridized carbons (Fsp3) is 0.400. The second-order valence-electron chi connectivity index (χ2n) is 25.4. The van der Waals surface area contributed by atoms with Gasteiger partial charge in [0, 0.05) is 89.7 Å². The van der Waals surface area contributed by atoms with E-state index in [0.29, 0.717) is 16.7 Å². The van der Waals surface area contributed by atoms with Crippen LogP contribution in [0.25, 0.3) is 16.7 Å². The highest BCUT2D eigenvalue weighted by Gasteiger charge is 2.23. The zero-order valence-electron chi connectivity index (χ0n) is 62.1. The molecule has 0 atom stereocenters. The number of benzene rings is 4. The van der Waals surface area contributed by atoms with Gasteiger partial charge in [-0.15, -0.1) is 0 Å². The Morgan fingerprint density at radius 2 is 0.419 bits per heavy atom. The molecule has 0 fully saturated rings. The van der Waals surface area contributed by atoms with Gasteiger partial charge in [-0.1, -0.05) is 229 Å². The van der Waals surface area contributed by atoms with Crippen molar-refractivity contribution in [3.05, 3.63) is 175 Å². The van der Waals surface area contributed by atoms with Crippen molar-refractivity contribution in [2.45, 2.75) is 196 Å². The van der Waals surface area contributed by atoms with E-state index in [9.17, 15) is 63.1 Å². The van der Waals surface area contributed by atoms with Crippen LogP contribution in [0.4, 0.5) is 17.1 Å². The first-order valence-electron chi connectivity index (χ1n) is 36.9. The molecule has 105 heavy (non-hydrogen) atoms. The molecule has 0 bridgehead atoms. The predicted octanol–water partition coefficient (Wildman–Crippen LogP) is 20.2. The van der Waals surface area contributed by atoms with E-state index in [-0.39, 0.29) is 50.1 Å². The van der Waals surface area contributed by atoms with Crippen molar-refractivity contribution in [2.24, 2.45) is 0 Å². The van der Waals surface area contributed by atoms with Crippen LogP contribution in [-0.2, 0) is 0 Å². The zero-order valence-corrected chi connectivity index (χ0v) is 62.1. The van der Waals surface area contributed by atoms with Gasteiger partial charge in [0.05, 0.1) is 16.7 Å². The summed E-state index contributed by atoms with van der Waals surface area (Å²) < 4.78 is 0. The average molecular weight is 1380 g/mol. The number of allylic oxidation sites excluding steroid dienone is 12. The quantitative estimate of drug-likeness (QED) is 0.0174. The van der Waals surface area contributed by atoms with Crippen LogP contribution in [0, 0.1) is 171 Å². The van der Waals surface area contributed by atoms with E-state index < -0.39 is 33.4 Å². The molecular formula is C90H93N15. The molecule has 4 aromatic rings. The molecule has 0 N–H and O–H groups in total. The molecule has 0 aliphatic carbocycles. The third-order valence-corrected chi connectivity index (χ3v) is 17.8. The number of nitriles is 12. The molecule has 15 nitrogen and oxygen atoms in total. The van der Waals surface area contributed by atoms with Gasteiger partial charge in [0.25, 0.3) is 0 Å². The van der Waals surface area contributed by atoms with Gasteiger partial charge in [0.15, 0.2) is 0 Å². The summed E-state index contributed by atoms with van der Waals surface area (Å²) in [5, 5.41) is 127. The number of rotatable bonds is 39. The number of nitrogens with zero attached hydrogens (tertiary/aromatic N) is 15. The summed E-state index contributed by atoms with van der Waals surface area (Å²) in [4.78, 5) is 6.95. The third-order valence-electron chi connectivity index (χ3n) is 17.8. The molecule has 0 aromatic heterocycles. The molecule has 0 saturated heterocycles. The monoisotopic (exact) mass is 1380 g/mol.